The summed E-state index contributed by atoms with van der Waals surface area (Å²) >= 11 is 0. The molecule has 49 heavy (non-hydrogen) atoms. The van der Waals surface area contributed by atoms with E-state index in [0.29, 0.717) is 0 Å². The second kappa shape index (κ2) is 33.4. The van der Waals surface area contributed by atoms with Crippen molar-refractivity contribution in [3.63, 3.8) is 0 Å². The zero-order chi connectivity index (χ0) is 34.7. The second-order valence-corrected chi connectivity index (χ2v) is 15.5. The predicted molar refractivity (Wildman–Crippen MR) is 219 cm³/mol. The number of hydrogen-bond donors (Lipinski definition) is 0. The summed E-state index contributed by atoms with van der Waals surface area (Å²) in [6.07, 6.45) is 47.9. The smallest absolute Gasteiger partial charge is 0.127 e. The number of rotatable bonds is 36. The van der Waals surface area contributed by atoms with Crippen LogP contribution in [-0.2, 0) is 12.8 Å². The molecule has 0 fully saturated rings. The zero-order valence-corrected chi connectivity index (χ0v) is 33.1. The van der Waals surface area contributed by atoms with Gasteiger partial charge in [0.1, 0.15) is 11.5 Å². The van der Waals surface area contributed by atoms with Crippen LogP contribution in [0.2, 0.25) is 0 Å². The van der Waals surface area contributed by atoms with E-state index in [9.17, 15) is 0 Å². The van der Waals surface area contributed by atoms with Crippen molar-refractivity contribution >= 4 is 0 Å². The molecule has 1 nitrogen and oxygen atoms in total. The molecule has 2 aromatic rings. The standard InChI is InChI=1S/C48H82O/c1-3-5-7-9-11-13-15-17-19-21-23-25-27-29-31-34-38-45-42-46(44-48(43-45)49-47-40-36-33-37-41-47)39-35-32-30-28-26-24-22-20-18-16-14-12-10-8-6-4-2/h33,36-37,40-44H,3-32,34-35,38-39H2,1-2H3. The Morgan fingerprint density at radius 1 is 0.306 bits per heavy atom. The topological polar surface area (TPSA) is 9.23 Å². The first kappa shape index (κ1) is 43.4. The van der Waals surface area contributed by atoms with Gasteiger partial charge >= 0.3 is 0 Å². The monoisotopic (exact) mass is 675 g/mol. The highest BCUT2D eigenvalue weighted by atomic mass is 16.5. The third-order valence-corrected chi connectivity index (χ3v) is 10.6. The summed E-state index contributed by atoms with van der Waals surface area (Å²) in [5.41, 5.74) is 2.93. The molecule has 0 saturated carbocycles. The predicted octanol–water partition coefficient (Wildman–Crippen LogP) is 17.1. The Kier molecular flexibility index (Phi) is 29.6. The molecule has 0 aromatic heterocycles. The third kappa shape index (κ3) is 26.7. The van der Waals surface area contributed by atoms with E-state index in [1.807, 2.05) is 0 Å². The highest BCUT2D eigenvalue weighted by Crippen LogP contribution is 2.26. The fraction of sp³-hybridized carbons (Fsp3) is 0.750. The number of aryl methyl sites for hydroxylation is 2. The van der Waals surface area contributed by atoms with Gasteiger partial charge < -0.3 is 4.74 Å². The van der Waals surface area contributed by atoms with Crippen molar-refractivity contribution in [3.05, 3.63) is 59.7 Å². The summed E-state index contributed by atoms with van der Waals surface area (Å²) in [4.78, 5) is 0. The van der Waals surface area contributed by atoms with E-state index >= 15 is 0 Å². The van der Waals surface area contributed by atoms with Gasteiger partial charge in [-0.25, -0.2) is 0 Å². The van der Waals surface area contributed by atoms with Crippen molar-refractivity contribution in [3.8, 4) is 11.5 Å². The van der Waals surface area contributed by atoms with Gasteiger partial charge in [-0.2, -0.15) is 0 Å². The lowest BCUT2D eigenvalue weighted by molar-refractivity contribution is 0.480. The zero-order valence-electron chi connectivity index (χ0n) is 33.1. The Labute approximate surface area is 307 Å². The van der Waals surface area contributed by atoms with Crippen molar-refractivity contribution in [2.24, 2.45) is 0 Å². The number of para-hydroxylation sites is 1. The number of benzene rings is 2. The minimum atomic E-state index is 0.940. The number of ether oxygens (including phenoxy) is 1. The van der Waals surface area contributed by atoms with Gasteiger partial charge in [-0.3, -0.25) is 0 Å². The molecular formula is C48H82O. The molecule has 0 heterocycles. The van der Waals surface area contributed by atoms with E-state index in [1.165, 1.54) is 229 Å². The van der Waals surface area contributed by atoms with E-state index in [4.69, 9.17) is 4.74 Å². The Balaban J connectivity index is 1.54. The molecule has 0 aliphatic carbocycles. The maximum atomic E-state index is 6.33. The lowest BCUT2D eigenvalue weighted by Gasteiger charge is -2.12. The first-order valence-corrected chi connectivity index (χ1v) is 22.2. The summed E-state index contributed by atoms with van der Waals surface area (Å²) in [7, 11) is 0. The molecule has 0 saturated heterocycles. The van der Waals surface area contributed by atoms with Gasteiger partial charge in [0, 0.05) is 0 Å². The summed E-state index contributed by atoms with van der Waals surface area (Å²) in [6, 6.07) is 17.4. The lowest BCUT2D eigenvalue weighted by Crippen LogP contribution is -1.94. The Hall–Kier alpha value is -1.76. The fourth-order valence-electron chi connectivity index (χ4n) is 7.46. The Bertz CT molecular complexity index is 895. The van der Waals surface area contributed by atoms with Crippen LogP contribution in [0.4, 0.5) is 0 Å². The average Bonchev–Trinajstić information content (AvgIpc) is 3.11. The molecule has 0 atom stereocenters. The van der Waals surface area contributed by atoms with Crippen LogP contribution in [-0.4, -0.2) is 0 Å². The molecule has 0 amide bonds. The molecule has 0 bridgehead atoms. The minimum Gasteiger partial charge on any atom is -0.457 e. The summed E-state index contributed by atoms with van der Waals surface area (Å²) < 4.78 is 6.33. The first-order chi connectivity index (χ1) is 24.3. The Morgan fingerprint density at radius 2 is 0.592 bits per heavy atom. The van der Waals surface area contributed by atoms with Gasteiger partial charge in [0.2, 0.25) is 0 Å². The van der Waals surface area contributed by atoms with Crippen LogP contribution in [0.5, 0.6) is 11.5 Å². The number of hydrogen-bond acceptors (Lipinski definition) is 1. The van der Waals surface area contributed by atoms with Crippen molar-refractivity contribution in [2.75, 3.05) is 0 Å². The molecule has 0 aliphatic heterocycles. The molecule has 1 heteroatoms. The van der Waals surface area contributed by atoms with Crippen LogP contribution in [0.1, 0.15) is 230 Å². The van der Waals surface area contributed by atoms with Crippen LogP contribution >= 0.6 is 0 Å². The van der Waals surface area contributed by atoms with E-state index in [2.05, 4.69) is 62.4 Å². The van der Waals surface area contributed by atoms with Crippen molar-refractivity contribution < 1.29 is 4.74 Å². The van der Waals surface area contributed by atoms with Gasteiger partial charge in [0.25, 0.3) is 0 Å². The minimum absolute atomic E-state index is 0.940. The second-order valence-electron chi connectivity index (χ2n) is 15.5. The van der Waals surface area contributed by atoms with Crippen LogP contribution in [0.25, 0.3) is 0 Å². The third-order valence-electron chi connectivity index (χ3n) is 10.6. The van der Waals surface area contributed by atoms with Gasteiger partial charge in [-0.05, 0) is 61.1 Å². The first-order valence-electron chi connectivity index (χ1n) is 22.2. The average molecular weight is 675 g/mol. The highest BCUT2D eigenvalue weighted by Gasteiger charge is 2.05. The summed E-state index contributed by atoms with van der Waals surface area (Å²) in [5.74, 6) is 1.96. The lowest BCUT2D eigenvalue weighted by atomic mass is 9.99. The maximum absolute atomic E-state index is 6.33. The molecule has 0 spiro atoms. The Morgan fingerprint density at radius 3 is 0.898 bits per heavy atom. The van der Waals surface area contributed by atoms with Crippen molar-refractivity contribution in [2.45, 2.75) is 232 Å². The number of unbranched alkanes of at least 4 members (excludes halogenated alkanes) is 30. The fourth-order valence-corrected chi connectivity index (χ4v) is 7.46. The van der Waals surface area contributed by atoms with Gasteiger partial charge in [0.05, 0.1) is 0 Å². The normalized spacial score (nSPS) is 11.4. The summed E-state index contributed by atoms with van der Waals surface area (Å²) in [5, 5.41) is 0. The van der Waals surface area contributed by atoms with Gasteiger partial charge in [0.15, 0.2) is 0 Å². The summed E-state index contributed by atoms with van der Waals surface area (Å²) in [6.45, 7) is 4.61. The SMILES string of the molecule is CCCCCCCCCCCCCCCCCCc1cc(CCCCCCCCCCCCCCCCCC)cc(Oc2ccccc2)c1. The molecule has 2 aromatic carbocycles. The van der Waals surface area contributed by atoms with Crippen LogP contribution in [0.3, 0.4) is 0 Å². The molecule has 0 N–H and O–H groups in total. The molecule has 0 radical (unpaired) electrons. The van der Waals surface area contributed by atoms with Crippen molar-refractivity contribution in [1.82, 2.24) is 0 Å². The van der Waals surface area contributed by atoms with E-state index in [1.54, 1.807) is 0 Å². The molecule has 2 rings (SSSR count). The highest BCUT2D eigenvalue weighted by molar-refractivity contribution is 5.38. The molecular weight excluding hydrogens is 593 g/mol. The van der Waals surface area contributed by atoms with Crippen molar-refractivity contribution in [1.29, 1.82) is 0 Å². The molecule has 0 unspecified atom stereocenters. The van der Waals surface area contributed by atoms with E-state index in [-0.39, 0.29) is 0 Å². The van der Waals surface area contributed by atoms with Crippen LogP contribution in [0, 0.1) is 0 Å². The van der Waals surface area contributed by atoms with E-state index < -0.39 is 0 Å². The van der Waals surface area contributed by atoms with Crippen LogP contribution in [0.15, 0.2) is 48.5 Å². The van der Waals surface area contributed by atoms with Crippen LogP contribution < -0.4 is 4.74 Å². The molecule has 0 aliphatic rings. The van der Waals surface area contributed by atoms with Gasteiger partial charge in [-0.1, -0.05) is 231 Å². The largest absolute Gasteiger partial charge is 0.457 e. The maximum Gasteiger partial charge on any atom is 0.127 e. The van der Waals surface area contributed by atoms with Gasteiger partial charge in [-0.15, -0.1) is 0 Å². The quantitative estimate of drug-likeness (QED) is 0.0654. The molecule has 280 valence electrons. The van der Waals surface area contributed by atoms with E-state index in [0.717, 1.165) is 11.5 Å².